The summed E-state index contributed by atoms with van der Waals surface area (Å²) < 4.78 is 0. The zero-order chi connectivity index (χ0) is 20.6. The van der Waals surface area contributed by atoms with Gasteiger partial charge in [-0.25, -0.2) is 0 Å². The Bertz CT molecular complexity index is 832. The third-order valence-corrected chi connectivity index (χ3v) is 5.55. The van der Waals surface area contributed by atoms with Crippen molar-refractivity contribution in [3.05, 3.63) is 65.2 Å². The lowest BCUT2D eigenvalue weighted by Gasteiger charge is -2.33. The Morgan fingerprint density at radius 1 is 1.03 bits per heavy atom. The molecule has 3 rings (SSSR count). The van der Waals surface area contributed by atoms with Gasteiger partial charge < -0.3 is 10.6 Å². The van der Waals surface area contributed by atoms with Gasteiger partial charge >= 0.3 is 0 Å². The van der Waals surface area contributed by atoms with Crippen LogP contribution in [0.3, 0.4) is 0 Å². The summed E-state index contributed by atoms with van der Waals surface area (Å²) in [5, 5.41) is 5.79. The van der Waals surface area contributed by atoms with Gasteiger partial charge in [-0.15, -0.1) is 0 Å². The van der Waals surface area contributed by atoms with Gasteiger partial charge in [0, 0.05) is 31.7 Å². The van der Waals surface area contributed by atoms with Crippen LogP contribution in [-0.4, -0.2) is 29.3 Å². The van der Waals surface area contributed by atoms with Crippen molar-refractivity contribution in [2.24, 2.45) is 0 Å². The van der Waals surface area contributed by atoms with Crippen LogP contribution in [0.5, 0.6) is 0 Å². The van der Waals surface area contributed by atoms with E-state index in [4.69, 9.17) is 0 Å². The van der Waals surface area contributed by atoms with E-state index in [2.05, 4.69) is 40.7 Å². The topological polar surface area (TPSA) is 61.4 Å². The van der Waals surface area contributed by atoms with Gasteiger partial charge in [0.25, 0.3) is 0 Å². The highest BCUT2D eigenvalue weighted by molar-refractivity contribution is 5.88. The van der Waals surface area contributed by atoms with Gasteiger partial charge in [0.1, 0.15) is 0 Å². The second-order valence-corrected chi connectivity index (χ2v) is 7.92. The van der Waals surface area contributed by atoms with E-state index in [-0.39, 0.29) is 11.8 Å². The number of carbonyl (C=O) groups is 2. The molecular weight excluding hydrogens is 362 g/mol. The molecule has 1 heterocycles. The molecule has 1 aliphatic rings. The molecule has 2 aromatic rings. The Morgan fingerprint density at radius 2 is 1.76 bits per heavy atom. The highest BCUT2D eigenvalue weighted by Gasteiger charge is 2.19. The van der Waals surface area contributed by atoms with Crippen molar-refractivity contribution < 1.29 is 9.59 Å². The van der Waals surface area contributed by atoms with E-state index in [1.54, 1.807) is 0 Å². The molecule has 0 bridgehead atoms. The number of benzene rings is 2. The number of piperidine rings is 1. The van der Waals surface area contributed by atoms with Crippen molar-refractivity contribution in [1.82, 2.24) is 10.2 Å². The van der Waals surface area contributed by atoms with E-state index in [0.717, 1.165) is 24.3 Å². The van der Waals surface area contributed by atoms with Crippen molar-refractivity contribution >= 4 is 17.5 Å². The molecule has 1 aliphatic heterocycles. The molecular formula is C24H31N3O2. The molecule has 1 saturated heterocycles. The fourth-order valence-electron chi connectivity index (χ4n) is 3.85. The van der Waals surface area contributed by atoms with E-state index < -0.39 is 0 Å². The van der Waals surface area contributed by atoms with E-state index in [0.29, 0.717) is 19.0 Å². The molecule has 0 spiro atoms. The molecule has 1 atom stereocenters. The molecule has 0 aromatic heterocycles. The van der Waals surface area contributed by atoms with E-state index in [1.807, 2.05) is 30.3 Å². The van der Waals surface area contributed by atoms with Gasteiger partial charge in [0.05, 0.1) is 6.42 Å². The Labute approximate surface area is 173 Å². The number of nitrogens with zero attached hydrogens (tertiary/aromatic N) is 1. The fraction of sp³-hybridized carbons (Fsp3) is 0.417. The quantitative estimate of drug-likeness (QED) is 0.750. The number of hydrogen-bond acceptors (Lipinski definition) is 3. The maximum atomic E-state index is 12.4. The van der Waals surface area contributed by atoms with Crippen molar-refractivity contribution in [2.75, 3.05) is 11.9 Å². The lowest BCUT2D eigenvalue weighted by Crippen LogP contribution is -2.37. The van der Waals surface area contributed by atoms with Crippen LogP contribution >= 0.6 is 0 Å². The summed E-state index contributed by atoms with van der Waals surface area (Å²) in [6.07, 6.45) is 4.18. The smallest absolute Gasteiger partial charge is 0.224 e. The first-order chi connectivity index (χ1) is 14.0. The van der Waals surface area contributed by atoms with Crippen molar-refractivity contribution in [2.45, 2.75) is 58.7 Å². The van der Waals surface area contributed by atoms with Gasteiger partial charge in [0.2, 0.25) is 11.8 Å². The average molecular weight is 394 g/mol. The third kappa shape index (κ3) is 6.43. The number of nitrogens with one attached hydrogen (secondary N) is 2. The van der Waals surface area contributed by atoms with E-state index in [9.17, 15) is 9.59 Å². The van der Waals surface area contributed by atoms with E-state index >= 15 is 0 Å². The predicted molar refractivity (Wildman–Crippen MR) is 116 cm³/mol. The van der Waals surface area contributed by atoms with Crippen LogP contribution in [0, 0.1) is 0 Å². The van der Waals surface area contributed by atoms with Crippen LogP contribution in [0.4, 0.5) is 5.69 Å². The van der Waals surface area contributed by atoms with Gasteiger partial charge in [0.15, 0.2) is 0 Å². The van der Waals surface area contributed by atoms with Crippen LogP contribution in [0.25, 0.3) is 0 Å². The highest BCUT2D eigenvalue weighted by Crippen LogP contribution is 2.21. The highest BCUT2D eigenvalue weighted by atomic mass is 16.2. The number of amides is 2. The average Bonchev–Trinajstić information content (AvgIpc) is 2.70. The molecule has 1 fully saturated rings. The summed E-state index contributed by atoms with van der Waals surface area (Å²) in [7, 11) is 0. The summed E-state index contributed by atoms with van der Waals surface area (Å²) in [6.45, 7) is 6.42. The van der Waals surface area contributed by atoms with Crippen molar-refractivity contribution in [1.29, 1.82) is 0 Å². The minimum atomic E-state index is -0.104. The van der Waals surface area contributed by atoms with E-state index in [1.165, 1.54) is 37.3 Å². The number of anilines is 1. The number of likely N-dealkylation sites (tertiary alicyclic amines) is 1. The second-order valence-electron chi connectivity index (χ2n) is 7.92. The van der Waals surface area contributed by atoms with Crippen molar-refractivity contribution in [3.8, 4) is 0 Å². The normalized spacial score (nSPS) is 17.0. The summed E-state index contributed by atoms with van der Waals surface area (Å²) >= 11 is 0. The second kappa shape index (κ2) is 10.2. The SMILES string of the molecule is CC(=O)Nc1ccc(CC(=O)NCc2ccccc2CN2CCCCC2C)cc1. The molecule has 5 heteroatoms. The number of carbonyl (C=O) groups excluding carboxylic acids is 2. The zero-order valence-electron chi connectivity index (χ0n) is 17.4. The lowest BCUT2D eigenvalue weighted by molar-refractivity contribution is -0.120. The first-order valence-corrected chi connectivity index (χ1v) is 10.5. The fourth-order valence-corrected chi connectivity index (χ4v) is 3.85. The Morgan fingerprint density at radius 3 is 2.45 bits per heavy atom. The van der Waals surface area contributed by atoms with Gasteiger partial charge in [-0.1, -0.05) is 42.8 Å². The molecule has 2 amide bonds. The maximum Gasteiger partial charge on any atom is 0.224 e. The Balaban J connectivity index is 1.54. The molecule has 29 heavy (non-hydrogen) atoms. The first-order valence-electron chi connectivity index (χ1n) is 10.5. The molecule has 2 N–H and O–H groups in total. The largest absolute Gasteiger partial charge is 0.352 e. The van der Waals surface area contributed by atoms with Gasteiger partial charge in [-0.3, -0.25) is 14.5 Å². The van der Waals surface area contributed by atoms with Gasteiger partial charge in [-0.2, -0.15) is 0 Å². The maximum absolute atomic E-state index is 12.4. The summed E-state index contributed by atoms with van der Waals surface area (Å²) in [4.78, 5) is 26.0. The minimum absolute atomic E-state index is 0.00146. The molecule has 0 aliphatic carbocycles. The van der Waals surface area contributed by atoms with Crippen LogP contribution in [0.15, 0.2) is 48.5 Å². The summed E-state index contributed by atoms with van der Waals surface area (Å²) in [5.41, 5.74) is 4.13. The van der Waals surface area contributed by atoms with Crippen LogP contribution in [0.1, 0.15) is 49.8 Å². The zero-order valence-corrected chi connectivity index (χ0v) is 17.4. The Kier molecular flexibility index (Phi) is 7.42. The van der Waals surface area contributed by atoms with Crippen LogP contribution in [-0.2, 0) is 29.1 Å². The first kappa shape index (κ1) is 21.1. The molecule has 2 aromatic carbocycles. The predicted octanol–water partition coefficient (Wildman–Crippen LogP) is 3.88. The number of rotatable bonds is 7. The molecule has 5 nitrogen and oxygen atoms in total. The molecule has 1 unspecified atom stereocenters. The minimum Gasteiger partial charge on any atom is -0.352 e. The summed E-state index contributed by atoms with van der Waals surface area (Å²) in [6, 6.07) is 16.4. The lowest BCUT2D eigenvalue weighted by atomic mass is 10.0. The number of hydrogen-bond donors (Lipinski definition) is 2. The Hall–Kier alpha value is -2.66. The monoisotopic (exact) mass is 393 g/mol. The van der Waals surface area contributed by atoms with Crippen LogP contribution in [0.2, 0.25) is 0 Å². The standard InChI is InChI=1S/C24H31N3O2/c1-18-7-5-6-14-27(18)17-22-9-4-3-8-21(22)16-25-24(29)15-20-10-12-23(13-11-20)26-19(2)28/h3-4,8-13,18H,5-7,14-17H2,1-2H3,(H,25,29)(H,26,28). The van der Waals surface area contributed by atoms with Crippen LogP contribution < -0.4 is 10.6 Å². The van der Waals surface area contributed by atoms with Gasteiger partial charge in [-0.05, 0) is 55.1 Å². The molecule has 0 saturated carbocycles. The summed E-state index contributed by atoms with van der Waals surface area (Å²) in [5.74, 6) is -0.105. The third-order valence-electron chi connectivity index (χ3n) is 5.55. The molecule has 0 radical (unpaired) electrons. The van der Waals surface area contributed by atoms with Crippen molar-refractivity contribution in [3.63, 3.8) is 0 Å². The molecule has 154 valence electrons.